The van der Waals surface area contributed by atoms with Gasteiger partial charge in [0.25, 0.3) is 0 Å². The maximum atomic E-state index is 11.2. The Morgan fingerprint density at radius 2 is 2.23 bits per heavy atom. The molecule has 2 heteroatoms. The summed E-state index contributed by atoms with van der Waals surface area (Å²) in [5.41, 5.74) is 0. The molecule has 1 unspecified atom stereocenters. The summed E-state index contributed by atoms with van der Waals surface area (Å²) >= 11 is 0. The molecule has 0 aliphatic carbocycles. The van der Waals surface area contributed by atoms with E-state index in [1.54, 1.807) is 14.0 Å². The van der Waals surface area contributed by atoms with Gasteiger partial charge in [0, 0.05) is 19.6 Å². The Hall–Kier alpha value is -0.630. The molecular formula is C11H20O2. The zero-order valence-electron chi connectivity index (χ0n) is 8.71. The lowest BCUT2D eigenvalue weighted by Gasteiger charge is -2.11. The third-order valence-electron chi connectivity index (χ3n) is 2.20. The number of methoxy groups -OCH3 is 1. The van der Waals surface area contributed by atoms with Crippen LogP contribution in [0.15, 0.2) is 12.7 Å². The van der Waals surface area contributed by atoms with Crippen molar-refractivity contribution in [3.8, 4) is 0 Å². The van der Waals surface area contributed by atoms with E-state index in [1.165, 1.54) is 0 Å². The molecule has 0 amide bonds. The molecule has 0 saturated heterocycles. The van der Waals surface area contributed by atoms with Crippen LogP contribution in [0.25, 0.3) is 0 Å². The van der Waals surface area contributed by atoms with Gasteiger partial charge in [-0.2, -0.15) is 0 Å². The third kappa shape index (κ3) is 6.52. The average molecular weight is 184 g/mol. The van der Waals surface area contributed by atoms with Crippen LogP contribution in [0.3, 0.4) is 0 Å². The van der Waals surface area contributed by atoms with E-state index >= 15 is 0 Å². The van der Waals surface area contributed by atoms with Gasteiger partial charge in [0.2, 0.25) is 0 Å². The van der Waals surface area contributed by atoms with Crippen LogP contribution in [0, 0.1) is 5.92 Å². The second-order valence-electron chi connectivity index (χ2n) is 3.31. The maximum absolute atomic E-state index is 11.2. The Labute approximate surface area is 81.0 Å². The highest BCUT2D eigenvalue weighted by atomic mass is 16.5. The Morgan fingerprint density at radius 3 is 2.69 bits per heavy atom. The highest BCUT2D eigenvalue weighted by Crippen LogP contribution is 2.14. The molecule has 0 aliphatic heterocycles. The van der Waals surface area contributed by atoms with E-state index in [0.717, 1.165) is 32.3 Å². The van der Waals surface area contributed by atoms with Crippen LogP contribution in [0.2, 0.25) is 0 Å². The standard InChI is InChI=1S/C11H20O2/c1-4-5-7-11(10(2)12)8-6-9-13-3/h4,11H,1,5-9H2,2-3H3. The van der Waals surface area contributed by atoms with Crippen molar-refractivity contribution < 1.29 is 9.53 Å². The summed E-state index contributed by atoms with van der Waals surface area (Å²) < 4.78 is 4.94. The molecular weight excluding hydrogens is 164 g/mol. The van der Waals surface area contributed by atoms with Gasteiger partial charge in [-0.3, -0.25) is 4.79 Å². The topological polar surface area (TPSA) is 26.3 Å². The van der Waals surface area contributed by atoms with Gasteiger partial charge in [0.05, 0.1) is 0 Å². The smallest absolute Gasteiger partial charge is 0.132 e. The zero-order valence-corrected chi connectivity index (χ0v) is 8.71. The molecule has 13 heavy (non-hydrogen) atoms. The first kappa shape index (κ1) is 12.4. The Balaban J connectivity index is 3.66. The zero-order chi connectivity index (χ0) is 10.1. The molecule has 0 aromatic heterocycles. The van der Waals surface area contributed by atoms with E-state index in [4.69, 9.17) is 4.74 Å². The molecule has 0 fully saturated rings. The van der Waals surface area contributed by atoms with Crippen molar-refractivity contribution >= 4 is 5.78 Å². The van der Waals surface area contributed by atoms with Crippen molar-refractivity contribution in [3.63, 3.8) is 0 Å². The van der Waals surface area contributed by atoms with Crippen LogP contribution in [-0.2, 0) is 9.53 Å². The van der Waals surface area contributed by atoms with Crippen molar-refractivity contribution in [1.82, 2.24) is 0 Å². The van der Waals surface area contributed by atoms with Gasteiger partial charge in [0.1, 0.15) is 5.78 Å². The summed E-state index contributed by atoms with van der Waals surface area (Å²) in [6.45, 7) is 6.07. The Bertz CT molecular complexity index is 152. The van der Waals surface area contributed by atoms with Gasteiger partial charge in [-0.25, -0.2) is 0 Å². The minimum atomic E-state index is 0.202. The largest absolute Gasteiger partial charge is 0.385 e. The normalized spacial score (nSPS) is 12.5. The van der Waals surface area contributed by atoms with Crippen molar-refractivity contribution in [2.75, 3.05) is 13.7 Å². The van der Waals surface area contributed by atoms with Crippen LogP contribution >= 0.6 is 0 Å². The van der Waals surface area contributed by atoms with Gasteiger partial charge >= 0.3 is 0 Å². The average Bonchev–Trinajstić information content (AvgIpc) is 2.10. The van der Waals surface area contributed by atoms with E-state index in [9.17, 15) is 4.79 Å². The first-order valence-electron chi connectivity index (χ1n) is 4.82. The Morgan fingerprint density at radius 1 is 1.54 bits per heavy atom. The predicted molar refractivity (Wildman–Crippen MR) is 54.7 cm³/mol. The number of carbonyl (C=O) groups excluding carboxylic acids is 1. The summed E-state index contributed by atoms with van der Waals surface area (Å²) in [5.74, 6) is 0.492. The van der Waals surface area contributed by atoms with Crippen molar-refractivity contribution in [2.45, 2.75) is 32.6 Å². The highest BCUT2D eigenvalue weighted by molar-refractivity contribution is 5.78. The SMILES string of the molecule is C=CCCC(CCCOC)C(C)=O. The maximum Gasteiger partial charge on any atom is 0.132 e. The molecule has 0 aromatic rings. The predicted octanol–water partition coefficient (Wildman–Crippen LogP) is 2.58. The summed E-state index contributed by atoms with van der Waals surface area (Å²) in [4.78, 5) is 11.2. The minimum absolute atomic E-state index is 0.202. The summed E-state index contributed by atoms with van der Waals surface area (Å²) in [7, 11) is 1.69. The van der Waals surface area contributed by atoms with Crippen molar-refractivity contribution in [1.29, 1.82) is 0 Å². The molecule has 0 radical (unpaired) electrons. The molecule has 0 rings (SSSR count). The second-order valence-corrected chi connectivity index (χ2v) is 3.31. The molecule has 0 heterocycles. The molecule has 0 bridgehead atoms. The molecule has 1 atom stereocenters. The summed E-state index contributed by atoms with van der Waals surface area (Å²) in [6.07, 6.45) is 5.64. The number of carbonyl (C=O) groups is 1. The van der Waals surface area contributed by atoms with Crippen molar-refractivity contribution in [2.24, 2.45) is 5.92 Å². The quantitative estimate of drug-likeness (QED) is 0.428. The molecule has 2 nitrogen and oxygen atoms in total. The van der Waals surface area contributed by atoms with Crippen LogP contribution in [0.5, 0.6) is 0 Å². The first-order chi connectivity index (χ1) is 6.22. The number of ether oxygens (including phenoxy) is 1. The highest BCUT2D eigenvalue weighted by Gasteiger charge is 2.12. The van der Waals surface area contributed by atoms with Crippen LogP contribution in [0.1, 0.15) is 32.6 Å². The fraction of sp³-hybridized carbons (Fsp3) is 0.727. The lowest BCUT2D eigenvalue weighted by atomic mass is 9.94. The molecule has 0 aliphatic rings. The van der Waals surface area contributed by atoms with Gasteiger partial charge in [-0.1, -0.05) is 6.08 Å². The molecule has 0 spiro atoms. The number of Topliss-reactive ketones (excluding diaryl/α,β-unsaturated/α-hetero) is 1. The number of ketones is 1. The minimum Gasteiger partial charge on any atom is -0.385 e. The van der Waals surface area contributed by atoms with Gasteiger partial charge in [-0.05, 0) is 32.6 Å². The van der Waals surface area contributed by atoms with Gasteiger partial charge < -0.3 is 4.74 Å². The van der Waals surface area contributed by atoms with E-state index < -0.39 is 0 Å². The van der Waals surface area contributed by atoms with E-state index in [0.29, 0.717) is 0 Å². The van der Waals surface area contributed by atoms with E-state index in [-0.39, 0.29) is 11.7 Å². The van der Waals surface area contributed by atoms with Crippen LogP contribution in [0.4, 0.5) is 0 Å². The van der Waals surface area contributed by atoms with E-state index in [2.05, 4.69) is 6.58 Å². The Kier molecular flexibility index (Phi) is 7.60. The number of hydrogen-bond donors (Lipinski definition) is 0. The lowest BCUT2D eigenvalue weighted by Crippen LogP contribution is -2.11. The number of hydrogen-bond acceptors (Lipinski definition) is 2. The van der Waals surface area contributed by atoms with Crippen LogP contribution in [-0.4, -0.2) is 19.5 Å². The first-order valence-corrected chi connectivity index (χ1v) is 4.82. The molecule has 76 valence electrons. The monoisotopic (exact) mass is 184 g/mol. The van der Waals surface area contributed by atoms with Gasteiger partial charge in [-0.15, -0.1) is 6.58 Å². The fourth-order valence-corrected chi connectivity index (χ4v) is 1.34. The molecule has 0 saturated carbocycles. The van der Waals surface area contributed by atoms with Crippen LogP contribution < -0.4 is 0 Å². The summed E-state index contributed by atoms with van der Waals surface area (Å²) in [5, 5.41) is 0. The fourth-order valence-electron chi connectivity index (χ4n) is 1.34. The lowest BCUT2D eigenvalue weighted by molar-refractivity contribution is -0.121. The van der Waals surface area contributed by atoms with E-state index in [1.807, 2.05) is 6.08 Å². The van der Waals surface area contributed by atoms with Crippen molar-refractivity contribution in [3.05, 3.63) is 12.7 Å². The van der Waals surface area contributed by atoms with Gasteiger partial charge in [0.15, 0.2) is 0 Å². The molecule has 0 N–H and O–H groups in total. The summed E-state index contributed by atoms with van der Waals surface area (Å²) in [6, 6.07) is 0. The molecule has 0 aromatic carbocycles. The number of rotatable bonds is 8. The third-order valence-corrected chi connectivity index (χ3v) is 2.20. The second kappa shape index (κ2) is 7.99. The number of allylic oxidation sites excluding steroid dienone is 1.